The fraction of sp³-hybridized carbons (Fsp3) is 0.692. The maximum atomic E-state index is 4.40. The van der Waals surface area contributed by atoms with Crippen molar-refractivity contribution in [2.75, 3.05) is 26.0 Å². The number of hydrogen-bond acceptors (Lipinski definition) is 4. The normalized spacial score (nSPS) is 16.6. The third kappa shape index (κ3) is 3.66. The Morgan fingerprint density at radius 2 is 2.06 bits per heavy atom. The molecule has 94 valence electrons. The van der Waals surface area contributed by atoms with Gasteiger partial charge in [-0.3, -0.25) is 4.98 Å². The molecule has 0 unspecified atom stereocenters. The summed E-state index contributed by atoms with van der Waals surface area (Å²) in [5.41, 5.74) is 1.05. The van der Waals surface area contributed by atoms with Crippen LogP contribution in [-0.4, -0.2) is 35.5 Å². The van der Waals surface area contributed by atoms with Gasteiger partial charge in [0.2, 0.25) is 0 Å². The summed E-state index contributed by atoms with van der Waals surface area (Å²) in [7, 11) is 4.03. The summed E-state index contributed by atoms with van der Waals surface area (Å²) in [5, 5.41) is 2.98. The Morgan fingerprint density at radius 3 is 2.65 bits per heavy atom. The lowest BCUT2D eigenvalue weighted by Gasteiger charge is -2.20. The number of anilines is 1. The summed E-state index contributed by atoms with van der Waals surface area (Å²) >= 11 is 0. The predicted octanol–water partition coefficient (Wildman–Crippen LogP) is 2.14. The number of nitrogens with one attached hydrogen (secondary N) is 1. The first-order valence-corrected chi connectivity index (χ1v) is 6.45. The quantitative estimate of drug-likeness (QED) is 0.847. The molecule has 1 aromatic rings. The van der Waals surface area contributed by atoms with Crippen molar-refractivity contribution in [1.82, 2.24) is 14.9 Å². The lowest BCUT2D eigenvalue weighted by molar-refractivity contribution is 0.268. The van der Waals surface area contributed by atoms with E-state index < -0.39 is 0 Å². The highest BCUT2D eigenvalue weighted by Crippen LogP contribution is 2.25. The number of nitrogens with zero attached hydrogens (tertiary/aromatic N) is 3. The van der Waals surface area contributed by atoms with E-state index in [4.69, 9.17) is 0 Å². The van der Waals surface area contributed by atoms with Gasteiger partial charge in [0.1, 0.15) is 5.82 Å². The van der Waals surface area contributed by atoms with Crippen LogP contribution in [0.5, 0.6) is 0 Å². The van der Waals surface area contributed by atoms with Gasteiger partial charge in [-0.25, -0.2) is 4.98 Å². The van der Waals surface area contributed by atoms with Crippen molar-refractivity contribution in [3.8, 4) is 0 Å². The molecule has 4 nitrogen and oxygen atoms in total. The Morgan fingerprint density at radius 1 is 1.29 bits per heavy atom. The maximum absolute atomic E-state index is 4.40. The molecule has 1 N–H and O–H groups in total. The summed E-state index contributed by atoms with van der Waals surface area (Å²) in [6.45, 7) is 2.09. The summed E-state index contributed by atoms with van der Waals surface area (Å²) < 4.78 is 0. The first kappa shape index (κ1) is 12.3. The van der Waals surface area contributed by atoms with Gasteiger partial charge in [-0.15, -0.1) is 0 Å². The van der Waals surface area contributed by atoms with Gasteiger partial charge in [-0.05, 0) is 25.8 Å². The van der Waals surface area contributed by atoms with Gasteiger partial charge >= 0.3 is 0 Å². The highest BCUT2D eigenvalue weighted by Gasteiger charge is 2.16. The lowest BCUT2D eigenvalue weighted by Crippen LogP contribution is -2.24. The van der Waals surface area contributed by atoms with Crippen LogP contribution in [0.3, 0.4) is 0 Å². The molecule has 0 amide bonds. The van der Waals surface area contributed by atoms with Gasteiger partial charge < -0.3 is 10.2 Å². The number of aromatic nitrogens is 2. The molecule has 17 heavy (non-hydrogen) atoms. The molecule has 0 spiro atoms. The van der Waals surface area contributed by atoms with Crippen LogP contribution in [0, 0.1) is 5.92 Å². The Labute approximate surface area is 103 Å². The van der Waals surface area contributed by atoms with E-state index >= 15 is 0 Å². The molecule has 2 rings (SSSR count). The van der Waals surface area contributed by atoms with E-state index in [1.807, 2.05) is 13.2 Å². The largest absolute Gasteiger partial charge is 0.372 e. The van der Waals surface area contributed by atoms with Crippen LogP contribution in [0.2, 0.25) is 0 Å². The second-order valence-electron chi connectivity index (χ2n) is 4.99. The summed E-state index contributed by atoms with van der Waals surface area (Å²) in [4.78, 5) is 11.0. The predicted molar refractivity (Wildman–Crippen MR) is 69.9 cm³/mol. The Balaban J connectivity index is 1.81. The summed E-state index contributed by atoms with van der Waals surface area (Å²) in [5.74, 6) is 1.72. The number of rotatable bonds is 5. The lowest BCUT2D eigenvalue weighted by atomic mass is 10.1. The Kier molecular flexibility index (Phi) is 4.31. The third-order valence-electron chi connectivity index (χ3n) is 3.44. The van der Waals surface area contributed by atoms with Crippen LogP contribution in [-0.2, 0) is 6.54 Å². The van der Waals surface area contributed by atoms with Crippen LogP contribution in [0.1, 0.15) is 31.4 Å². The van der Waals surface area contributed by atoms with Gasteiger partial charge in [-0.1, -0.05) is 12.8 Å². The summed E-state index contributed by atoms with van der Waals surface area (Å²) in [6.07, 6.45) is 9.27. The van der Waals surface area contributed by atoms with Crippen molar-refractivity contribution in [3.63, 3.8) is 0 Å². The first-order valence-electron chi connectivity index (χ1n) is 6.45. The molecule has 1 saturated carbocycles. The Hall–Kier alpha value is -1.16. The van der Waals surface area contributed by atoms with Crippen LogP contribution >= 0.6 is 0 Å². The van der Waals surface area contributed by atoms with Crippen LogP contribution in [0.15, 0.2) is 12.4 Å². The van der Waals surface area contributed by atoms with Crippen molar-refractivity contribution < 1.29 is 0 Å². The molecule has 0 saturated heterocycles. The van der Waals surface area contributed by atoms with E-state index in [0.29, 0.717) is 0 Å². The van der Waals surface area contributed by atoms with E-state index in [-0.39, 0.29) is 0 Å². The highest BCUT2D eigenvalue weighted by atomic mass is 15.1. The minimum atomic E-state index is 0.826. The zero-order chi connectivity index (χ0) is 12.1. The summed E-state index contributed by atoms with van der Waals surface area (Å²) in [6, 6.07) is 0. The second-order valence-corrected chi connectivity index (χ2v) is 4.99. The van der Waals surface area contributed by atoms with Gasteiger partial charge in [0.15, 0.2) is 0 Å². The SMILES string of the molecule is CNc1cnc(CN(C)CC2CCCC2)cn1. The van der Waals surface area contributed by atoms with Gasteiger partial charge in [-0.2, -0.15) is 0 Å². The molecular weight excluding hydrogens is 212 g/mol. The smallest absolute Gasteiger partial charge is 0.144 e. The number of hydrogen-bond donors (Lipinski definition) is 1. The molecule has 1 aromatic heterocycles. The van der Waals surface area contributed by atoms with Crippen molar-refractivity contribution in [2.24, 2.45) is 5.92 Å². The van der Waals surface area contributed by atoms with Crippen LogP contribution < -0.4 is 5.32 Å². The van der Waals surface area contributed by atoms with E-state index in [1.54, 1.807) is 6.20 Å². The second kappa shape index (κ2) is 5.96. The first-order chi connectivity index (χ1) is 8.28. The minimum absolute atomic E-state index is 0.826. The zero-order valence-electron chi connectivity index (χ0n) is 10.8. The van der Waals surface area contributed by atoms with Crippen molar-refractivity contribution in [1.29, 1.82) is 0 Å². The fourth-order valence-corrected chi connectivity index (χ4v) is 2.54. The minimum Gasteiger partial charge on any atom is -0.372 e. The molecule has 0 radical (unpaired) electrons. The van der Waals surface area contributed by atoms with Gasteiger partial charge in [0.05, 0.1) is 18.1 Å². The molecule has 1 aliphatic carbocycles. The molecule has 1 aliphatic rings. The molecule has 0 aromatic carbocycles. The molecule has 1 heterocycles. The zero-order valence-corrected chi connectivity index (χ0v) is 10.8. The topological polar surface area (TPSA) is 41.1 Å². The van der Waals surface area contributed by atoms with Crippen LogP contribution in [0.4, 0.5) is 5.82 Å². The van der Waals surface area contributed by atoms with Gasteiger partial charge in [0, 0.05) is 20.1 Å². The van der Waals surface area contributed by atoms with E-state index in [2.05, 4.69) is 27.2 Å². The van der Waals surface area contributed by atoms with Crippen LogP contribution in [0.25, 0.3) is 0 Å². The van der Waals surface area contributed by atoms with E-state index in [0.717, 1.165) is 24.0 Å². The van der Waals surface area contributed by atoms with Crippen molar-refractivity contribution in [3.05, 3.63) is 18.1 Å². The molecular formula is C13H22N4. The molecule has 4 heteroatoms. The molecule has 1 fully saturated rings. The molecule has 0 atom stereocenters. The van der Waals surface area contributed by atoms with E-state index in [1.165, 1.54) is 32.2 Å². The van der Waals surface area contributed by atoms with Crippen molar-refractivity contribution >= 4 is 5.82 Å². The fourth-order valence-electron chi connectivity index (χ4n) is 2.54. The van der Waals surface area contributed by atoms with E-state index in [9.17, 15) is 0 Å². The standard InChI is InChI=1S/C13H22N4/c1-14-13-8-15-12(7-16-13)10-17(2)9-11-5-3-4-6-11/h7-8,11H,3-6,9-10H2,1-2H3,(H,14,16). The van der Waals surface area contributed by atoms with Gasteiger partial charge in [0.25, 0.3) is 0 Å². The molecule has 0 aliphatic heterocycles. The third-order valence-corrected chi connectivity index (χ3v) is 3.44. The maximum Gasteiger partial charge on any atom is 0.144 e. The molecule has 0 bridgehead atoms. The van der Waals surface area contributed by atoms with Crippen molar-refractivity contribution in [2.45, 2.75) is 32.2 Å². The average molecular weight is 234 g/mol. The average Bonchev–Trinajstić information content (AvgIpc) is 2.82. The Bertz CT molecular complexity index is 330. The monoisotopic (exact) mass is 234 g/mol. The highest BCUT2D eigenvalue weighted by molar-refractivity contribution is 5.29.